The van der Waals surface area contributed by atoms with Gasteiger partial charge in [0.25, 0.3) is 0 Å². The van der Waals surface area contributed by atoms with Gasteiger partial charge in [0.15, 0.2) is 0 Å². The summed E-state index contributed by atoms with van der Waals surface area (Å²) in [6, 6.07) is 0. The van der Waals surface area contributed by atoms with Crippen LogP contribution in [0.3, 0.4) is 0 Å². The quantitative estimate of drug-likeness (QED) is 0.777. The maximum atomic E-state index is 5.86. The summed E-state index contributed by atoms with van der Waals surface area (Å²) in [5.41, 5.74) is 5.69. The first-order chi connectivity index (χ1) is 8.49. The minimum Gasteiger partial charge on any atom is -0.477 e. The Morgan fingerprint density at radius 1 is 1.44 bits per heavy atom. The van der Waals surface area contributed by atoms with Gasteiger partial charge >= 0.3 is 0 Å². The van der Waals surface area contributed by atoms with Crippen LogP contribution >= 0.6 is 0 Å². The van der Waals surface area contributed by atoms with Crippen molar-refractivity contribution in [3.63, 3.8) is 0 Å². The van der Waals surface area contributed by atoms with Crippen molar-refractivity contribution in [3.8, 4) is 5.88 Å². The van der Waals surface area contributed by atoms with E-state index in [1.165, 1.54) is 0 Å². The molecule has 0 bridgehead atoms. The monoisotopic (exact) mass is 252 g/mol. The van der Waals surface area contributed by atoms with E-state index >= 15 is 0 Å². The maximum Gasteiger partial charge on any atom is 0.234 e. The van der Waals surface area contributed by atoms with Gasteiger partial charge in [-0.25, -0.2) is 0 Å². The van der Waals surface area contributed by atoms with Crippen molar-refractivity contribution >= 4 is 5.82 Å². The molecule has 0 aliphatic carbocycles. The van der Waals surface area contributed by atoms with Crippen molar-refractivity contribution in [1.29, 1.82) is 0 Å². The van der Waals surface area contributed by atoms with Gasteiger partial charge < -0.3 is 15.8 Å². The van der Waals surface area contributed by atoms with Crippen LogP contribution in [0.15, 0.2) is 12.4 Å². The molecule has 0 fully saturated rings. The zero-order chi connectivity index (χ0) is 13.6. The largest absolute Gasteiger partial charge is 0.477 e. The number of ether oxygens (including phenoxy) is 1. The van der Waals surface area contributed by atoms with Crippen LogP contribution in [0, 0.1) is 5.92 Å². The molecule has 18 heavy (non-hydrogen) atoms. The van der Waals surface area contributed by atoms with Gasteiger partial charge in [0.05, 0.1) is 19.0 Å². The highest BCUT2D eigenvalue weighted by Crippen LogP contribution is 2.21. The van der Waals surface area contributed by atoms with Crippen LogP contribution in [0.4, 0.5) is 5.82 Å². The number of anilines is 1. The number of aromatic nitrogens is 2. The lowest BCUT2D eigenvalue weighted by atomic mass is 9.91. The molecule has 102 valence electrons. The highest BCUT2D eigenvalue weighted by molar-refractivity contribution is 5.36. The van der Waals surface area contributed by atoms with Crippen LogP contribution in [0.2, 0.25) is 0 Å². The lowest BCUT2D eigenvalue weighted by molar-refractivity contribution is 0.325. The summed E-state index contributed by atoms with van der Waals surface area (Å²) < 4.78 is 5.33. The molecule has 0 aromatic carbocycles. The summed E-state index contributed by atoms with van der Waals surface area (Å²) in [4.78, 5) is 8.46. The Balaban J connectivity index is 2.77. The molecule has 0 saturated heterocycles. The van der Waals surface area contributed by atoms with Crippen molar-refractivity contribution in [2.45, 2.75) is 39.7 Å². The van der Waals surface area contributed by atoms with E-state index in [9.17, 15) is 0 Å². The second-order valence-electron chi connectivity index (χ2n) is 5.16. The Labute approximate surface area is 109 Å². The van der Waals surface area contributed by atoms with Gasteiger partial charge in [-0.1, -0.05) is 13.8 Å². The first-order valence-electron chi connectivity index (χ1n) is 6.42. The zero-order valence-electron chi connectivity index (χ0n) is 11.7. The average molecular weight is 252 g/mol. The van der Waals surface area contributed by atoms with Crippen LogP contribution in [-0.4, -0.2) is 28.7 Å². The minimum absolute atomic E-state index is 0.173. The molecule has 0 amide bonds. The molecule has 5 nitrogen and oxygen atoms in total. The van der Waals surface area contributed by atoms with E-state index in [4.69, 9.17) is 10.5 Å². The van der Waals surface area contributed by atoms with Crippen LogP contribution in [0.1, 0.15) is 34.1 Å². The fourth-order valence-electron chi connectivity index (χ4n) is 2.02. The van der Waals surface area contributed by atoms with Gasteiger partial charge in [0.1, 0.15) is 5.82 Å². The van der Waals surface area contributed by atoms with Gasteiger partial charge in [-0.15, -0.1) is 0 Å². The molecule has 0 aliphatic heterocycles. The molecule has 0 spiro atoms. The van der Waals surface area contributed by atoms with E-state index in [-0.39, 0.29) is 5.54 Å². The normalized spacial score (nSPS) is 14.3. The molecule has 1 heterocycles. The summed E-state index contributed by atoms with van der Waals surface area (Å²) in [7, 11) is 0. The second kappa shape index (κ2) is 6.54. The van der Waals surface area contributed by atoms with E-state index in [1.807, 2.05) is 6.92 Å². The molecule has 1 rings (SSSR count). The summed E-state index contributed by atoms with van der Waals surface area (Å²) in [6.07, 6.45) is 4.28. The highest BCUT2D eigenvalue weighted by atomic mass is 16.5. The van der Waals surface area contributed by atoms with Gasteiger partial charge in [0, 0.05) is 12.1 Å². The Morgan fingerprint density at radius 3 is 2.72 bits per heavy atom. The average Bonchev–Trinajstić information content (AvgIpc) is 2.28. The smallest absolute Gasteiger partial charge is 0.234 e. The molecule has 0 aliphatic rings. The van der Waals surface area contributed by atoms with E-state index < -0.39 is 0 Å². The van der Waals surface area contributed by atoms with Crippen molar-refractivity contribution in [3.05, 3.63) is 12.4 Å². The first-order valence-corrected chi connectivity index (χ1v) is 6.42. The molecular weight excluding hydrogens is 228 g/mol. The molecule has 0 radical (unpaired) electrons. The highest BCUT2D eigenvalue weighted by Gasteiger charge is 2.24. The first kappa shape index (κ1) is 14.7. The molecule has 5 heteroatoms. The molecule has 1 unspecified atom stereocenters. The Hall–Kier alpha value is -1.36. The molecule has 1 aromatic rings. The second-order valence-corrected chi connectivity index (χ2v) is 5.16. The van der Waals surface area contributed by atoms with Gasteiger partial charge in [-0.2, -0.15) is 4.98 Å². The van der Waals surface area contributed by atoms with Crippen LogP contribution in [0.5, 0.6) is 5.88 Å². The fourth-order valence-corrected chi connectivity index (χ4v) is 2.02. The SMILES string of the molecule is CCOc1cncc(NC(C)(CN)CC(C)C)n1. The minimum atomic E-state index is -0.173. The van der Waals surface area contributed by atoms with Gasteiger partial charge in [-0.3, -0.25) is 4.98 Å². The third-order valence-electron chi connectivity index (χ3n) is 2.64. The third-order valence-corrected chi connectivity index (χ3v) is 2.64. The summed E-state index contributed by atoms with van der Waals surface area (Å²) >= 11 is 0. The number of hydrogen-bond acceptors (Lipinski definition) is 5. The standard InChI is InChI=1S/C13H24N4O/c1-5-18-12-8-15-7-11(16-12)17-13(4,9-14)6-10(2)3/h7-8,10H,5-6,9,14H2,1-4H3,(H,16,17). The Kier molecular flexibility index (Phi) is 5.34. The number of nitrogens with two attached hydrogens (primary N) is 1. The van der Waals surface area contributed by atoms with Gasteiger partial charge in [-0.05, 0) is 26.2 Å². The lowest BCUT2D eigenvalue weighted by Gasteiger charge is -2.31. The predicted octanol–water partition coefficient (Wildman–Crippen LogP) is 2.05. The predicted molar refractivity (Wildman–Crippen MR) is 73.7 cm³/mol. The Bertz CT molecular complexity index is 370. The van der Waals surface area contributed by atoms with Crippen LogP contribution in [0.25, 0.3) is 0 Å². The summed E-state index contributed by atoms with van der Waals surface area (Å²) in [5, 5.41) is 3.36. The van der Waals surface area contributed by atoms with Crippen LogP contribution < -0.4 is 15.8 Å². The topological polar surface area (TPSA) is 73.1 Å². The number of nitrogens with one attached hydrogen (secondary N) is 1. The third kappa shape index (κ3) is 4.49. The van der Waals surface area contributed by atoms with Crippen molar-refractivity contribution in [2.24, 2.45) is 11.7 Å². The van der Waals surface area contributed by atoms with Crippen LogP contribution in [-0.2, 0) is 0 Å². The molecule has 1 aromatic heterocycles. The number of rotatable bonds is 7. The Morgan fingerprint density at radius 2 is 2.17 bits per heavy atom. The van der Waals surface area contributed by atoms with Crippen molar-refractivity contribution < 1.29 is 4.74 Å². The molecule has 3 N–H and O–H groups in total. The van der Waals surface area contributed by atoms with E-state index in [0.29, 0.717) is 30.8 Å². The zero-order valence-corrected chi connectivity index (χ0v) is 11.7. The molecular formula is C13H24N4O. The van der Waals surface area contributed by atoms with E-state index in [0.717, 1.165) is 6.42 Å². The maximum absolute atomic E-state index is 5.86. The summed E-state index contributed by atoms with van der Waals surface area (Å²) in [5.74, 6) is 1.80. The molecule has 0 saturated carbocycles. The number of nitrogens with zero attached hydrogens (tertiary/aromatic N) is 2. The lowest BCUT2D eigenvalue weighted by Crippen LogP contribution is -2.43. The summed E-state index contributed by atoms with van der Waals surface area (Å²) in [6.45, 7) is 9.51. The van der Waals surface area contributed by atoms with E-state index in [2.05, 4.69) is 36.1 Å². The van der Waals surface area contributed by atoms with E-state index in [1.54, 1.807) is 12.4 Å². The van der Waals surface area contributed by atoms with Crippen molar-refractivity contribution in [1.82, 2.24) is 9.97 Å². The molecule has 1 atom stereocenters. The number of hydrogen-bond donors (Lipinski definition) is 2. The van der Waals surface area contributed by atoms with Gasteiger partial charge in [0.2, 0.25) is 5.88 Å². The fraction of sp³-hybridized carbons (Fsp3) is 0.692. The van der Waals surface area contributed by atoms with Crippen molar-refractivity contribution in [2.75, 3.05) is 18.5 Å².